The molecule has 0 aromatic heterocycles. The Kier molecular flexibility index (Phi) is 37.4. The molecule has 24 heteroatoms. The van der Waals surface area contributed by atoms with Crippen molar-refractivity contribution in [1.82, 2.24) is 0 Å². The van der Waals surface area contributed by atoms with E-state index in [4.69, 9.17) is 37.5 Å². The molecule has 2 aliphatic heterocycles. The maximum absolute atomic E-state index is 14.0. The second kappa shape index (κ2) is 41.3. The lowest BCUT2D eigenvalue weighted by Crippen LogP contribution is -2.69. The summed E-state index contributed by atoms with van der Waals surface area (Å²) in [7, 11) is -5.64. The number of carbonyl (C=O) groups excluding carboxylic acids is 2. The fourth-order valence-corrected chi connectivity index (χ4v) is 11.0. The van der Waals surface area contributed by atoms with Gasteiger partial charge in [-0.25, -0.2) is 4.57 Å². The molecule has 3 rings (SSSR count). The molecule has 0 bridgehead atoms. The first kappa shape index (κ1) is 72.4. The number of unbranched alkanes of at least 4 members (excludes halogenated alkanes) is 24. The van der Waals surface area contributed by atoms with E-state index in [0.29, 0.717) is 19.3 Å². The van der Waals surface area contributed by atoms with Crippen LogP contribution in [0.1, 0.15) is 200 Å². The Morgan fingerprint density at radius 2 is 0.825 bits per heavy atom. The highest BCUT2D eigenvalue weighted by molar-refractivity contribution is 7.47. The van der Waals surface area contributed by atoms with E-state index in [-0.39, 0.29) is 12.8 Å². The zero-order valence-electron chi connectivity index (χ0n) is 47.6. The highest BCUT2D eigenvalue weighted by Gasteiger charge is 2.58. The van der Waals surface area contributed by atoms with Gasteiger partial charge in [-0.1, -0.05) is 161 Å². The van der Waals surface area contributed by atoms with Crippen LogP contribution in [0.3, 0.4) is 0 Å². The van der Waals surface area contributed by atoms with Crippen LogP contribution in [-0.4, -0.2) is 204 Å². The van der Waals surface area contributed by atoms with Gasteiger partial charge in [-0.3, -0.25) is 18.6 Å². The van der Waals surface area contributed by atoms with Crippen LogP contribution in [0.5, 0.6) is 0 Å². The lowest BCUT2D eigenvalue weighted by molar-refractivity contribution is -0.360. The Morgan fingerprint density at radius 1 is 0.463 bits per heavy atom. The van der Waals surface area contributed by atoms with E-state index in [1.54, 1.807) is 0 Å². The number of hydrogen-bond donors (Lipinski definition) is 12. The lowest BCUT2D eigenvalue weighted by atomic mass is 9.84. The Hall–Kier alpha value is -1.81. The average molecular weight is 1180 g/mol. The van der Waals surface area contributed by atoms with E-state index in [1.165, 1.54) is 103 Å². The predicted octanol–water partition coefficient (Wildman–Crippen LogP) is 4.32. The molecule has 23 nitrogen and oxygen atoms in total. The summed E-state index contributed by atoms with van der Waals surface area (Å²) in [6.07, 6.45) is -0.891. The fourth-order valence-electron chi connectivity index (χ4n) is 10.1. The molecule has 12 N–H and O–H groups in total. The molecule has 0 amide bonds. The quantitative estimate of drug-likeness (QED) is 0.0175. The number of esters is 2. The van der Waals surface area contributed by atoms with Gasteiger partial charge in [0, 0.05) is 12.8 Å². The molecule has 1 aliphatic carbocycles. The molecule has 0 aromatic rings. The minimum atomic E-state index is -5.64. The van der Waals surface area contributed by atoms with Crippen molar-refractivity contribution in [3.63, 3.8) is 0 Å². The highest BCUT2D eigenvalue weighted by atomic mass is 31.2. The van der Waals surface area contributed by atoms with Crippen LogP contribution in [0.2, 0.25) is 0 Å². The summed E-state index contributed by atoms with van der Waals surface area (Å²) in [4.78, 5) is 37.5. The SMILES string of the molecule is CCCCCCCCC=CCCCCCC(=O)OC(COC(=O)CCCCCCCCCCCCCCCCCC)COP(=O)(O)OC1C(OC2OC(CO)C(O)C(O)C2O)C(O)C(O)C(O)C1OC1OC(CO)C(O)C(O)C1O. The number of phosphoric ester groups is 1. The molecule has 2 saturated heterocycles. The zero-order chi connectivity index (χ0) is 58.9. The summed E-state index contributed by atoms with van der Waals surface area (Å²) in [5.41, 5.74) is 0. The molecule has 0 aromatic carbocycles. The van der Waals surface area contributed by atoms with Gasteiger partial charge in [0.2, 0.25) is 0 Å². The van der Waals surface area contributed by atoms with Gasteiger partial charge in [0.25, 0.3) is 0 Å². The molecule has 3 aliphatic rings. The summed E-state index contributed by atoms with van der Waals surface area (Å²) < 4.78 is 58.1. The van der Waals surface area contributed by atoms with E-state index in [1.807, 2.05) is 0 Å². The van der Waals surface area contributed by atoms with Crippen molar-refractivity contribution in [3.8, 4) is 0 Å². The third-order valence-corrected chi connectivity index (χ3v) is 16.1. The summed E-state index contributed by atoms with van der Waals surface area (Å²) in [5.74, 6) is -1.34. The second-order valence-corrected chi connectivity index (χ2v) is 23.3. The van der Waals surface area contributed by atoms with Crippen molar-refractivity contribution in [3.05, 3.63) is 12.2 Å². The molecule has 470 valence electrons. The molecule has 0 radical (unpaired) electrons. The van der Waals surface area contributed by atoms with Crippen LogP contribution in [0, 0.1) is 0 Å². The van der Waals surface area contributed by atoms with Crippen molar-refractivity contribution in [2.75, 3.05) is 26.4 Å². The largest absolute Gasteiger partial charge is 0.472 e. The summed E-state index contributed by atoms with van der Waals surface area (Å²) >= 11 is 0. The van der Waals surface area contributed by atoms with Crippen LogP contribution >= 0.6 is 7.82 Å². The van der Waals surface area contributed by atoms with Crippen molar-refractivity contribution in [2.24, 2.45) is 0 Å². The molecular weight excluding hydrogens is 1070 g/mol. The van der Waals surface area contributed by atoms with Crippen LogP contribution in [0.25, 0.3) is 0 Å². The number of ether oxygens (including phenoxy) is 6. The molecule has 16 atom stereocenters. The van der Waals surface area contributed by atoms with Gasteiger partial charge in [0.15, 0.2) is 18.7 Å². The van der Waals surface area contributed by atoms with E-state index >= 15 is 0 Å². The summed E-state index contributed by atoms with van der Waals surface area (Å²) in [5, 5.41) is 117. The van der Waals surface area contributed by atoms with Crippen LogP contribution in [0.15, 0.2) is 12.2 Å². The van der Waals surface area contributed by atoms with E-state index < -0.39 is 150 Å². The minimum absolute atomic E-state index is 0.0491. The van der Waals surface area contributed by atoms with Crippen molar-refractivity contribution in [1.29, 1.82) is 0 Å². The van der Waals surface area contributed by atoms with E-state index in [2.05, 4.69) is 26.0 Å². The Labute approximate surface area is 473 Å². The number of aliphatic hydroxyl groups is 11. The highest BCUT2D eigenvalue weighted by Crippen LogP contribution is 2.49. The van der Waals surface area contributed by atoms with Crippen molar-refractivity contribution < 1.29 is 113 Å². The zero-order valence-corrected chi connectivity index (χ0v) is 48.5. The van der Waals surface area contributed by atoms with Gasteiger partial charge in [0.05, 0.1) is 19.8 Å². The smallest absolute Gasteiger partial charge is 0.462 e. The molecule has 3 fully saturated rings. The van der Waals surface area contributed by atoms with E-state index in [9.17, 15) is 75.2 Å². The minimum Gasteiger partial charge on any atom is -0.462 e. The number of aliphatic hydroxyl groups excluding tert-OH is 11. The van der Waals surface area contributed by atoms with Gasteiger partial charge >= 0.3 is 19.8 Å². The Bertz CT molecular complexity index is 1640. The maximum Gasteiger partial charge on any atom is 0.472 e. The van der Waals surface area contributed by atoms with E-state index in [0.717, 1.165) is 51.4 Å². The number of phosphoric acid groups is 1. The number of carbonyl (C=O) groups is 2. The summed E-state index contributed by atoms with van der Waals surface area (Å²) in [6, 6.07) is 0. The van der Waals surface area contributed by atoms with Crippen molar-refractivity contribution >= 4 is 19.8 Å². The van der Waals surface area contributed by atoms with Gasteiger partial charge in [-0.2, -0.15) is 0 Å². The summed E-state index contributed by atoms with van der Waals surface area (Å²) in [6.45, 7) is 0.997. The number of hydrogen-bond acceptors (Lipinski definition) is 22. The standard InChI is InChI=1S/C56H103O23P/c1-3-5-7-9-11-13-15-17-18-19-21-22-24-26-28-30-32-41(59)72-36-38(74-42(60)33-31-29-27-25-23-20-16-14-12-10-8-6-4-2)37-73-80(70,71)79-54-52(77-55-50(68)45(63)43(61)39(34-57)75-55)48(66)47(65)49(67)53(54)78-56-51(69)46(64)44(62)40(35-58)76-56/h20,23,38-40,43-58,61-69H,3-19,21-22,24-37H2,1-2H3,(H,70,71). The van der Waals surface area contributed by atoms with Gasteiger partial charge < -0.3 is 89.5 Å². The second-order valence-electron chi connectivity index (χ2n) is 21.9. The molecule has 0 spiro atoms. The number of rotatable bonds is 44. The monoisotopic (exact) mass is 1170 g/mol. The van der Waals surface area contributed by atoms with Gasteiger partial charge in [0.1, 0.15) is 92.1 Å². The topological polar surface area (TPSA) is 368 Å². The fraction of sp³-hybridized carbons (Fsp3) is 0.929. The van der Waals surface area contributed by atoms with Crippen LogP contribution in [0.4, 0.5) is 0 Å². The molecule has 1 saturated carbocycles. The first-order valence-electron chi connectivity index (χ1n) is 30.0. The van der Waals surface area contributed by atoms with Crippen molar-refractivity contribution in [2.45, 2.75) is 304 Å². The number of allylic oxidation sites excluding steroid dienone is 2. The van der Waals surface area contributed by atoms with Gasteiger partial charge in [-0.05, 0) is 38.5 Å². The molecule has 2 heterocycles. The molecule has 16 unspecified atom stereocenters. The molecule has 80 heavy (non-hydrogen) atoms. The predicted molar refractivity (Wildman–Crippen MR) is 291 cm³/mol. The normalized spacial score (nSPS) is 31.3. The van der Waals surface area contributed by atoms with Crippen LogP contribution in [-0.2, 0) is 51.6 Å². The maximum atomic E-state index is 14.0. The third-order valence-electron chi connectivity index (χ3n) is 15.1. The first-order chi connectivity index (χ1) is 38.4. The molecular formula is C56H103O23P. The lowest BCUT2D eigenvalue weighted by Gasteiger charge is -2.49. The average Bonchev–Trinajstić information content (AvgIpc) is 3.44. The third kappa shape index (κ3) is 26.6. The van der Waals surface area contributed by atoms with Gasteiger partial charge in [-0.15, -0.1) is 0 Å². The van der Waals surface area contributed by atoms with Crippen LogP contribution < -0.4 is 0 Å². The first-order valence-corrected chi connectivity index (χ1v) is 31.5. The Morgan fingerprint density at radius 3 is 1.24 bits per heavy atom. The Balaban J connectivity index is 1.69.